The molecule has 2 aromatic rings. The number of phenols is 1. The van der Waals surface area contributed by atoms with E-state index in [2.05, 4.69) is 57.6 Å². The predicted molar refractivity (Wildman–Crippen MR) is 77.4 cm³/mol. The van der Waals surface area contributed by atoms with E-state index >= 15 is 0 Å². The number of hydrogen-bond donors (Lipinski definition) is 3. The first-order valence-corrected chi connectivity index (χ1v) is 6.54. The van der Waals surface area contributed by atoms with Gasteiger partial charge in [0, 0.05) is 10.0 Å². The Kier molecular flexibility index (Phi) is 4.27. The van der Waals surface area contributed by atoms with Crippen LogP contribution in [0.25, 0.3) is 0 Å². The Morgan fingerprint density at radius 3 is 2.95 bits per heavy atom. The summed E-state index contributed by atoms with van der Waals surface area (Å²) in [6, 6.07) is 3.39. The van der Waals surface area contributed by atoms with Crippen molar-refractivity contribution in [2.24, 2.45) is 5.10 Å². The highest BCUT2D eigenvalue weighted by Gasteiger charge is 2.05. The summed E-state index contributed by atoms with van der Waals surface area (Å²) in [5, 5.41) is 20.7. The molecule has 0 fully saturated rings. The lowest BCUT2D eigenvalue weighted by Gasteiger charge is -2.02. The minimum absolute atomic E-state index is 0.0568. The van der Waals surface area contributed by atoms with Gasteiger partial charge < -0.3 is 5.11 Å². The average molecular weight is 389 g/mol. The van der Waals surface area contributed by atoms with E-state index in [1.807, 2.05) is 0 Å². The van der Waals surface area contributed by atoms with Gasteiger partial charge in [-0.2, -0.15) is 5.10 Å². The third-order valence-electron chi connectivity index (χ3n) is 2.01. The number of aromatic amines is 1. The number of aromatic hydroxyl groups is 1. The monoisotopic (exact) mass is 387 g/mol. The van der Waals surface area contributed by atoms with Crippen LogP contribution in [0.1, 0.15) is 5.56 Å². The Morgan fingerprint density at radius 2 is 2.21 bits per heavy atom. The molecule has 19 heavy (non-hydrogen) atoms. The topological polar surface area (TPSA) is 103 Å². The minimum Gasteiger partial charge on any atom is -0.506 e. The highest BCUT2D eigenvalue weighted by Crippen LogP contribution is 2.30. The first-order valence-electron chi connectivity index (χ1n) is 4.95. The molecule has 0 aliphatic carbocycles. The maximum absolute atomic E-state index is 11.0. The Balaban J connectivity index is 2.18. The van der Waals surface area contributed by atoms with Crippen molar-refractivity contribution < 1.29 is 5.11 Å². The maximum Gasteiger partial charge on any atom is 0.271 e. The molecule has 98 valence electrons. The summed E-state index contributed by atoms with van der Waals surface area (Å²) in [5.74, 6) is 0.165. The Bertz CT molecular complexity index is 686. The van der Waals surface area contributed by atoms with Gasteiger partial charge in [-0.15, -0.1) is 10.2 Å². The molecule has 9 heteroatoms. The van der Waals surface area contributed by atoms with Gasteiger partial charge >= 0.3 is 0 Å². The highest BCUT2D eigenvalue weighted by atomic mass is 79.9. The number of benzene rings is 1. The Morgan fingerprint density at radius 1 is 1.42 bits per heavy atom. The zero-order chi connectivity index (χ0) is 13.8. The van der Waals surface area contributed by atoms with Crippen molar-refractivity contribution in [3.63, 3.8) is 0 Å². The van der Waals surface area contributed by atoms with Crippen LogP contribution in [0.3, 0.4) is 0 Å². The molecule has 3 N–H and O–H groups in total. The van der Waals surface area contributed by atoms with Crippen LogP contribution in [0.15, 0.2) is 37.2 Å². The van der Waals surface area contributed by atoms with Gasteiger partial charge in [0.05, 0.1) is 10.7 Å². The number of nitrogens with zero attached hydrogens (tertiary/aromatic N) is 3. The van der Waals surface area contributed by atoms with Crippen LogP contribution in [0.5, 0.6) is 5.75 Å². The van der Waals surface area contributed by atoms with Gasteiger partial charge in [-0.05, 0) is 28.1 Å². The molecule has 0 atom stereocenters. The number of aromatic nitrogens is 3. The number of hydrazone groups is 1. The highest BCUT2D eigenvalue weighted by molar-refractivity contribution is 9.11. The van der Waals surface area contributed by atoms with Crippen LogP contribution in [-0.2, 0) is 0 Å². The number of H-pyrrole nitrogens is 1. The van der Waals surface area contributed by atoms with E-state index < -0.39 is 0 Å². The fraction of sp³-hybridized carbons (Fsp3) is 0. The van der Waals surface area contributed by atoms with Gasteiger partial charge in [-0.25, -0.2) is 5.43 Å². The average Bonchev–Trinajstić information content (AvgIpc) is 2.35. The van der Waals surface area contributed by atoms with Crippen LogP contribution in [-0.4, -0.2) is 26.5 Å². The van der Waals surface area contributed by atoms with Crippen molar-refractivity contribution in [1.82, 2.24) is 15.2 Å². The van der Waals surface area contributed by atoms with Gasteiger partial charge in [0.25, 0.3) is 5.56 Å². The fourth-order valence-corrected chi connectivity index (χ4v) is 2.47. The minimum atomic E-state index is -0.388. The Labute approximate surface area is 124 Å². The second kappa shape index (κ2) is 5.93. The summed E-state index contributed by atoms with van der Waals surface area (Å²) < 4.78 is 1.32. The molecule has 0 saturated carbocycles. The molecule has 2 rings (SSSR count). The number of nitrogens with one attached hydrogen (secondary N) is 2. The largest absolute Gasteiger partial charge is 0.506 e. The Hall–Kier alpha value is -1.74. The summed E-state index contributed by atoms with van der Waals surface area (Å²) in [5.41, 5.74) is 2.60. The van der Waals surface area contributed by atoms with Crippen molar-refractivity contribution in [3.8, 4) is 5.75 Å². The second-order valence-corrected chi connectivity index (χ2v) is 5.15. The van der Waals surface area contributed by atoms with Crippen LogP contribution in [0.2, 0.25) is 0 Å². The van der Waals surface area contributed by atoms with Crippen LogP contribution in [0, 0.1) is 0 Å². The van der Waals surface area contributed by atoms with E-state index in [9.17, 15) is 9.90 Å². The number of rotatable bonds is 3. The molecular formula is C10H7Br2N5O2. The molecule has 0 radical (unpaired) electrons. The lowest BCUT2D eigenvalue weighted by molar-refractivity contribution is 0.471. The standard InChI is InChI=1S/C10H7Br2N5O2/c11-6-1-5(9(19)7(12)2-6)3-13-16-10-15-8(18)4-14-17-10/h1-4,19H,(H2,15,16,17,18)/b13-3+. The lowest BCUT2D eigenvalue weighted by atomic mass is 10.2. The molecule has 1 aromatic carbocycles. The lowest BCUT2D eigenvalue weighted by Crippen LogP contribution is -2.10. The summed E-state index contributed by atoms with van der Waals surface area (Å²) in [6.45, 7) is 0. The number of hydrogen-bond acceptors (Lipinski definition) is 6. The molecule has 0 aliphatic rings. The number of anilines is 1. The zero-order valence-electron chi connectivity index (χ0n) is 9.26. The smallest absolute Gasteiger partial charge is 0.271 e. The van der Waals surface area contributed by atoms with E-state index in [0.717, 1.165) is 10.7 Å². The summed E-state index contributed by atoms with van der Waals surface area (Å²) in [6.07, 6.45) is 2.43. The third kappa shape index (κ3) is 3.61. The molecule has 0 saturated heterocycles. The van der Waals surface area contributed by atoms with Crippen molar-refractivity contribution in [3.05, 3.63) is 43.2 Å². The van der Waals surface area contributed by atoms with Crippen molar-refractivity contribution in [2.75, 3.05) is 5.43 Å². The molecule has 1 aromatic heterocycles. The zero-order valence-corrected chi connectivity index (χ0v) is 12.4. The predicted octanol–water partition coefficient (Wildman–Crippen LogP) is 1.84. The summed E-state index contributed by atoms with van der Waals surface area (Å²) in [7, 11) is 0. The van der Waals surface area contributed by atoms with Crippen LogP contribution >= 0.6 is 31.9 Å². The second-order valence-electron chi connectivity index (χ2n) is 3.38. The molecule has 1 heterocycles. The van der Waals surface area contributed by atoms with Crippen molar-refractivity contribution in [1.29, 1.82) is 0 Å². The summed E-state index contributed by atoms with van der Waals surface area (Å²) >= 11 is 6.51. The van der Waals surface area contributed by atoms with E-state index in [-0.39, 0.29) is 17.3 Å². The van der Waals surface area contributed by atoms with Gasteiger partial charge in [-0.3, -0.25) is 9.78 Å². The first-order chi connectivity index (χ1) is 9.06. The fourth-order valence-electron chi connectivity index (χ4n) is 1.21. The van der Waals surface area contributed by atoms with Crippen LogP contribution < -0.4 is 11.0 Å². The molecule has 0 amide bonds. The molecule has 0 aliphatic heterocycles. The van der Waals surface area contributed by atoms with E-state index in [4.69, 9.17) is 0 Å². The van der Waals surface area contributed by atoms with Gasteiger partial charge in [0.15, 0.2) is 0 Å². The molecular weight excluding hydrogens is 382 g/mol. The molecule has 7 nitrogen and oxygen atoms in total. The van der Waals surface area contributed by atoms with Crippen LogP contribution in [0.4, 0.5) is 5.95 Å². The molecule has 0 spiro atoms. The van der Waals surface area contributed by atoms with Crippen molar-refractivity contribution >= 4 is 44.0 Å². The number of phenolic OH excluding ortho intramolecular Hbond substituents is 1. The molecule has 0 bridgehead atoms. The van der Waals surface area contributed by atoms with Gasteiger partial charge in [0.2, 0.25) is 5.95 Å². The van der Waals surface area contributed by atoms with E-state index in [1.54, 1.807) is 12.1 Å². The third-order valence-corrected chi connectivity index (χ3v) is 3.07. The first kappa shape index (κ1) is 13.7. The molecule has 0 unspecified atom stereocenters. The van der Waals surface area contributed by atoms with Crippen molar-refractivity contribution in [2.45, 2.75) is 0 Å². The van der Waals surface area contributed by atoms with Gasteiger partial charge in [0.1, 0.15) is 11.9 Å². The van der Waals surface area contributed by atoms with E-state index in [0.29, 0.717) is 10.0 Å². The summed E-state index contributed by atoms with van der Waals surface area (Å²) in [4.78, 5) is 13.4. The maximum atomic E-state index is 11.0. The van der Waals surface area contributed by atoms with Gasteiger partial charge in [-0.1, -0.05) is 15.9 Å². The SMILES string of the molecule is O=c1cnnc(N/N=C/c2cc(Br)cc(Br)c2O)[nH]1. The normalized spacial score (nSPS) is 10.8. The van der Waals surface area contributed by atoms with E-state index in [1.165, 1.54) is 6.21 Å². The quantitative estimate of drug-likeness (QED) is 0.549. The number of halogens is 2.